The number of hydrogen-bond acceptors (Lipinski definition) is 4. The van der Waals surface area contributed by atoms with Gasteiger partial charge in [-0.15, -0.1) is 0 Å². The van der Waals surface area contributed by atoms with Gasteiger partial charge in [-0.3, -0.25) is 0 Å². The minimum absolute atomic E-state index is 0.178. The Kier molecular flexibility index (Phi) is 4.96. The van der Waals surface area contributed by atoms with Crippen LogP contribution >= 0.6 is 0 Å². The maximum Gasteiger partial charge on any atom is 0.331 e. The number of rotatable bonds is 4. The molecule has 18 heavy (non-hydrogen) atoms. The molecule has 3 atom stereocenters. The molecule has 1 unspecified atom stereocenters. The maximum atomic E-state index is 11.2. The molecular weight excluding hydrogens is 232 g/mol. The highest BCUT2D eigenvalue weighted by Gasteiger charge is 2.28. The topological polar surface area (TPSA) is 44.8 Å². The Morgan fingerprint density at radius 2 is 2.39 bits per heavy atom. The lowest BCUT2D eigenvalue weighted by Gasteiger charge is -2.31. The predicted molar refractivity (Wildman–Crippen MR) is 66.9 cm³/mol. The Bertz CT molecular complexity index is 329. The van der Waals surface area contributed by atoms with Crippen LogP contribution in [0.25, 0.3) is 0 Å². The van der Waals surface area contributed by atoms with Crippen molar-refractivity contribution in [2.45, 2.75) is 51.1 Å². The van der Waals surface area contributed by atoms with Gasteiger partial charge in [0.15, 0.2) is 12.4 Å². The van der Waals surface area contributed by atoms with E-state index in [0.29, 0.717) is 0 Å². The molecule has 0 bridgehead atoms. The first-order valence-corrected chi connectivity index (χ1v) is 6.62. The molecule has 0 aromatic rings. The van der Waals surface area contributed by atoms with Gasteiger partial charge < -0.3 is 14.2 Å². The van der Waals surface area contributed by atoms with Crippen molar-refractivity contribution in [3.8, 4) is 0 Å². The zero-order valence-electron chi connectivity index (χ0n) is 10.7. The molecule has 2 aliphatic rings. The van der Waals surface area contributed by atoms with Gasteiger partial charge in [0.1, 0.15) is 6.10 Å². The summed E-state index contributed by atoms with van der Waals surface area (Å²) in [6.45, 7) is 2.79. The highest BCUT2D eigenvalue weighted by molar-refractivity contribution is 5.83. The molecule has 0 aliphatic carbocycles. The largest absolute Gasteiger partial charge is 0.452 e. The number of hydrogen-bond donors (Lipinski definition) is 0. The summed E-state index contributed by atoms with van der Waals surface area (Å²) < 4.78 is 16.6. The van der Waals surface area contributed by atoms with Crippen LogP contribution in [0.15, 0.2) is 24.3 Å². The van der Waals surface area contributed by atoms with Gasteiger partial charge in [0.05, 0.1) is 0 Å². The molecule has 0 N–H and O–H groups in total. The number of allylic oxidation sites excluding steroid dienone is 1. The quantitative estimate of drug-likeness (QED) is 0.569. The standard InChI is InChI=1S/C14H20O4/c1-2-3-6-11-12(8-9-13(15)17-11)18-14-7-4-5-10-16-14/h3,6,8-9,11-12,14H,2,4-5,7,10H2,1H3/b6-3+/t11-,12+,14?/m1/s1. The number of carbonyl (C=O) groups excluding carboxylic acids is 1. The van der Waals surface area contributed by atoms with E-state index in [1.165, 1.54) is 6.08 Å². The summed E-state index contributed by atoms with van der Waals surface area (Å²) in [5, 5.41) is 0. The second-order valence-corrected chi connectivity index (χ2v) is 4.49. The molecule has 2 aliphatic heterocycles. The van der Waals surface area contributed by atoms with E-state index in [-0.39, 0.29) is 24.5 Å². The Hall–Kier alpha value is -1.13. The normalized spacial score (nSPS) is 32.7. The Labute approximate surface area is 108 Å². The molecule has 1 saturated heterocycles. The van der Waals surface area contributed by atoms with E-state index in [2.05, 4.69) is 0 Å². The van der Waals surface area contributed by atoms with E-state index < -0.39 is 0 Å². The minimum Gasteiger partial charge on any atom is -0.452 e. The lowest BCUT2D eigenvalue weighted by molar-refractivity contribution is -0.199. The van der Waals surface area contributed by atoms with Gasteiger partial charge >= 0.3 is 5.97 Å². The summed E-state index contributed by atoms with van der Waals surface area (Å²) in [4.78, 5) is 11.2. The lowest BCUT2D eigenvalue weighted by Crippen LogP contribution is -2.38. The van der Waals surface area contributed by atoms with Gasteiger partial charge in [-0.25, -0.2) is 4.79 Å². The van der Waals surface area contributed by atoms with Crippen LogP contribution in [0.2, 0.25) is 0 Å². The average Bonchev–Trinajstić information content (AvgIpc) is 2.40. The van der Waals surface area contributed by atoms with Gasteiger partial charge in [0, 0.05) is 12.7 Å². The summed E-state index contributed by atoms with van der Waals surface area (Å²) in [5.41, 5.74) is 0. The fraction of sp³-hybridized carbons (Fsp3) is 0.643. The summed E-state index contributed by atoms with van der Waals surface area (Å²) in [5.74, 6) is -0.315. The highest BCUT2D eigenvalue weighted by atomic mass is 16.7. The number of ether oxygens (including phenoxy) is 3. The first kappa shape index (κ1) is 13.3. The van der Waals surface area contributed by atoms with Crippen molar-refractivity contribution in [2.24, 2.45) is 0 Å². The number of esters is 1. The molecule has 0 spiro atoms. The number of carbonyl (C=O) groups is 1. The van der Waals surface area contributed by atoms with E-state index in [9.17, 15) is 4.79 Å². The third kappa shape index (κ3) is 3.68. The van der Waals surface area contributed by atoms with Crippen LogP contribution in [0.4, 0.5) is 0 Å². The molecule has 2 heterocycles. The predicted octanol–water partition coefficient (Wildman–Crippen LogP) is 2.35. The second kappa shape index (κ2) is 6.71. The van der Waals surface area contributed by atoms with E-state index in [1.807, 2.05) is 19.1 Å². The van der Waals surface area contributed by atoms with Crippen molar-refractivity contribution in [3.63, 3.8) is 0 Å². The van der Waals surface area contributed by atoms with E-state index in [1.54, 1.807) is 6.08 Å². The van der Waals surface area contributed by atoms with Crippen molar-refractivity contribution in [1.82, 2.24) is 0 Å². The fourth-order valence-electron chi connectivity index (χ4n) is 2.06. The fourth-order valence-corrected chi connectivity index (χ4v) is 2.06. The van der Waals surface area contributed by atoms with E-state index in [4.69, 9.17) is 14.2 Å². The molecule has 0 radical (unpaired) electrons. The Morgan fingerprint density at radius 1 is 1.50 bits per heavy atom. The second-order valence-electron chi connectivity index (χ2n) is 4.49. The third-order valence-corrected chi connectivity index (χ3v) is 3.01. The molecule has 0 aromatic carbocycles. The average molecular weight is 252 g/mol. The molecule has 4 heteroatoms. The van der Waals surface area contributed by atoms with Crippen LogP contribution < -0.4 is 0 Å². The molecule has 0 aromatic heterocycles. The smallest absolute Gasteiger partial charge is 0.331 e. The summed E-state index contributed by atoms with van der Waals surface area (Å²) in [7, 11) is 0. The molecule has 0 amide bonds. The highest BCUT2D eigenvalue weighted by Crippen LogP contribution is 2.21. The zero-order chi connectivity index (χ0) is 12.8. The van der Waals surface area contributed by atoms with Crippen LogP contribution in [0.1, 0.15) is 32.6 Å². The van der Waals surface area contributed by atoms with Gasteiger partial charge in [-0.1, -0.05) is 13.0 Å². The molecule has 4 nitrogen and oxygen atoms in total. The van der Waals surface area contributed by atoms with Crippen molar-refractivity contribution in [1.29, 1.82) is 0 Å². The van der Waals surface area contributed by atoms with Gasteiger partial charge in [0.2, 0.25) is 0 Å². The van der Waals surface area contributed by atoms with Crippen LogP contribution in [0, 0.1) is 0 Å². The SMILES string of the molecule is CC/C=C/[C@H]1OC(=O)C=C[C@@H]1OC1CCCCO1. The number of cyclic esters (lactones) is 1. The van der Waals surface area contributed by atoms with E-state index in [0.717, 1.165) is 32.3 Å². The molecule has 2 rings (SSSR count). The van der Waals surface area contributed by atoms with Gasteiger partial charge in [-0.2, -0.15) is 0 Å². The first-order valence-electron chi connectivity index (χ1n) is 6.62. The van der Waals surface area contributed by atoms with Crippen LogP contribution in [0.3, 0.4) is 0 Å². The van der Waals surface area contributed by atoms with Crippen molar-refractivity contribution in [2.75, 3.05) is 6.61 Å². The van der Waals surface area contributed by atoms with Crippen molar-refractivity contribution >= 4 is 5.97 Å². The summed E-state index contributed by atoms with van der Waals surface area (Å²) in [6.07, 6.45) is 10.3. The van der Waals surface area contributed by atoms with Crippen molar-refractivity contribution in [3.05, 3.63) is 24.3 Å². The van der Waals surface area contributed by atoms with Crippen LogP contribution in [-0.4, -0.2) is 31.1 Å². The molecule has 100 valence electrons. The Morgan fingerprint density at radius 3 is 3.11 bits per heavy atom. The van der Waals surface area contributed by atoms with E-state index >= 15 is 0 Å². The lowest BCUT2D eigenvalue weighted by atomic mass is 10.1. The monoisotopic (exact) mass is 252 g/mol. The maximum absolute atomic E-state index is 11.2. The summed E-state index contributed by atoms with van der Waals surface area (Å²) in [6, 6.07) is 0. The molecule has 0 saturated carbocycles. The third-order valence-electron chi connectivity index (χ3n) is 3.01. The van der Waals surface area contributed by atoms with Gasteiger partial charge in [0.25, 0.3) is 0 Å². The van der Waals surface area contributed by atoms with Crippen LogP contribution in [-0.2, 0) is 19.0 Å². The first-order chi connectivity index (χ1) is 8.79. The zero-order valence-corrected chi connectivity index (χ0v) is 10.7. The molecular formula is C14H20O4. The van der Waals surface area contributed by atoms with Crippen molar-refractivity contribution < 1.29 is 19.0 Å². The van der Waals surface area contributed by atoms with Crippen LogP contribution in [0.5, 0.6) is 0 Å². The summed E-state index contributed by atoms with van der Waals surface area (Å²) >= 11 is 0. The molecule has 1 fully saturated rings. The van der Waals surface area contributed by atoms with Gasteiger partial charge in [-0.05, 0) is 37.8 Å². The minimum atomic E-state index is -0.340. The Balaban J connectivity index is 1.96.